The fourth-order valence-corrected chi connectivity index (χ4v) is 2.61. The normalized spacial score (nSPS) is 13.8. The van der Waals surface area contributed by atoms with Crippen molar-refractivity contribution in [1.82, 2.24) is 0 Å². The van der Waals surface area contributed by atoms with Gasteiger partial charge in [-0.25, -0.2) is 4.98 Å². The zero-order chi connectivity index (χ0) is 13.0. The number of aryl methyl sites for hydroxylation is 1. The zero-order valence-electron chi connectivity index (χ0n) is 11.1. The van der Waals surface area contributed by atoms with Crippen LogP contribution in [0.25, 0.3) is 0 Å². The molecular formula is C14H20N3O+. The van der Waals surface area contributed by atoms with Crippen molar-refractivity contribution in [3.63, 3.8) is 0 Å². The van der Waals surface area contributed by atoms with Crippen LogP contribution in [0.4, 0.5) is 5.82 Å². The van der Waals surface area contributed by atoms with Gasteiger partial charge in [0.05, 0.1) is 6.61 Å². The van der Waals surface area contributed by atoms with E-state index in [0.717, 1.165) is 24.2 Å². The van der Waals surface area contributed by atoms with E-state index in [0.29, 0.717) is 13.2 Å². The number of fused-ring (bicyclic) bond motifs is 1. The highest BCUT2D eigenvalue weighted by Crippen LogP contribution is 2.27. The summed E-state index contributed by atoms with van der Waals surface area (Å²) in [5.74, 6) is 0.840. The maximum atomic E-state index is 9.38. The topological polar surface area (TPSA) is 59.2 Å². The van der Waals surface area contributed by atoms with E-state index in [9.17, 15) is 5.26 Å². The number of H-pyrrole nitrogens is 1. The van der Waals surface area contributed by atoms with Crippen LogP contribution in [-0.2, 0) is 17.6 Å². The lowest BCUT2D eigenvalue weighted by Gasteiger charge is -2.18. The van der Waals surface area contributed by atoms with Crippen LogP contribution >= 0.6 is 0 Å². The number of nitrogens with zero attached hydrogens (tertiary/aromatic N) is 1. The van der Waals surface area contributed by atoms with E-state index in [4.69, 9.17) is 4.74 Å². The minimum absolute atomic E-state index is 0.634. The first kappa shape index (κ1) is 12.8. The number of anilines is 1. The number of rotatable bonds is 4. The smallest absolute Gasteiger partial charge is 0.290 e. The minimum Gasteiger partial charge on any atom is -0.381 e. The lowest BCUT2D eigenvalue weighted by molar-refractivity contribution is -0.372. The summed E-state index contributed by atoms with van der Waals surface area (Å²) in [6.45, 7) is 3.43. The number of nitrogens with one attached hydrogen (secondary N) is 2. The number of aromatic nitrogens is 1. The maximum Gasteiger partial charge on any atom is 0.290 e. The van der Waals surface area contributed by atoms with Crippen LogP contribution in [0, 0.1) is 18.3 Å². The van der Waals surface area contributed by atoms with Gasteiger partial charge in [0.15, 0.2) is 0 Å². The molecule has 18 heavy (non-hydrogen) atoms. The fraction of sp³-hybridized carbons (Fsp3) is 0.571. The van der Waals surface area contributed by atoms with Gasteiger partial charge in [0.25, 0.3) is 5.82 Å². The first-order valence-corrected chi connectivity index (χ1v) is 6.48. The number of aromatic amines is 1. The SMILES string of the molecule is COCCNc1[nH+]c(C)c2c(c1C#N)CCCC2. The van der Waals surface area contributed by atoms with Gasteiger partial charge in [0, 0.05) is 7.11 Å². The molecule has 2 rings (SSSR count). The summed E-state index contributed by atoms with van der Waals surface area (Å²) in [5, 5.41) is 12.6. The number of ether oxygens (including phenoxy) is 1. The van der Waals surface area contributed by atoms with Crippen LogP contribution in [-0.4, -0.2) is 20.3 Å². The molecule has 1 aromatic heterocycles. The molecule has 0 unspecified atom stereocenters. The molecule has 4 nitrogen and oxygen atoms in total. The van der Waals surface area contributed by atoms with E-state index in [1.807, 2.05) is 0 Å². The molecule has 0 saturated carbocycles. The van der Waals surface area contributed by atoms with E-state index in [1.54, 1.807) is 7.11 Å². The third-order valence-corrected chi connectivity index (χ3v) is 3.50. The Hall–Kier alpha value is -1.60. The molecular weight excluding hydrogens is 226 g/mol. The Balaban J connectivity index is 2.35. The van der Waals surface area contributed by atoms with Crippen molar-refractivity contribution < 1.29 is 9.72 Å². The van der Waals surface area contributed by atoms with E-state index >= 15 is 0 Å². The van der Waals surface area contributed by atoms with Crippen LogP contribution in [0.5, 0.6) is 0 Å². The summed E-state index contributed by atoms with van der Waals surface area (Å²) >= 11 is 0. The molecule has 0 saturated heterocycles. The molecule has 0 atom stereocenters. The van der Waals surface area contributed by atoms with Crippen molar-refractivity contribution in [2.45, 2.75) is 32.6 Å². The lowest BCUT2D eigenvalue weighted by Crippen LogP contribution is -2.25. The Bertz CT molecular complexity index is 477. The van der Waals surface area contributed by atoms with E-state index in [2.05, 4.69) is 23.3 Å². The molecule has 2 N–H and O–H groups in total. The van der Waals surface area contributed by atoms with Gasteiger partial charge in [0.1, 0.15) is 23.9 Å². The highest BCUT2D eigenvalue weighted by Gasteiger charge is 2.23. The number of nitriles is 1. The Morgan fingerprint density at radius 2 is 2.06 bits per heavy atom. The van der Waals surface area contributed by atoms with E-state index in [-0.39, 0.29) is 0 Å². The van der Waals surface area contributed by atoms with Crippen LogP contribution in [0.1, 0.15) is 35.2 Å². The molecule has 0 amide bonds. The molecule has 1 aliphatic rings. The molecule has 0 spiro atoms. The molecule has 1 heterocycles. The average molecular weight is 246 g/mol. The number of methoxy groups -OCH3 is 1. The zero-order valence-corrected chi connectivity index (χ0v) is 11.1. The molecule has 1 aliphatic carbocycles. The molecule has 0 fully saturated rings. The second-order valence-corrected chi connectivity index (χ2v) is 4.70. The molecule has 4 heteroatoms. The summed E-state index contributed by atoms with van der Waals surface area (Å²) < 4.78 is 5.02. The average Bonchev–Trinajstić information content (AvgIpc) is 2.39. The number of hydrogen-bond donors (Lipinski definition) is 1. The molecule has 0 bridgehead atoms. The predicted octanol–water partition coefficient (Wildman–Crippen LogP) is 1.62. The quantitative estimate of drug-likeness (QED) is 0.821. The molecule has 0 radical (unpaired) electrons. The first-order valence-electron chi connectivity index (χ1n) is 6.48. The summed E-state index contributed by atoms with van der Waals surface area (Å²) in [5.41, 5.74) is 4.55. The van der Waals surface area contributed by atoms with Gasteiger partial charge in [-0.2, -0.15) is 5.26 Å². The van der Waals surface area contributed by atoms with Crippen molar-refractivity contribution in [3.05, 3.63) is 22.4 Å². The van der Waals surface area contributed by atoms with Gasteiger partial charge in [0.2, 0.25) is 0 Å². The molecule has 0 aliphatic heterocycles. The van der Waals surface area contributed by atoms with Gasteiger partial charge in [-0.15, -0.1) is 0 Å². The first-order chi connectivity index (χ1) is 8.77. The van der Waals surface area contributed by atoms with Gasteiger partial charge in [-0.3, -0.25) is 5.32 Å². The number of pyridine rings is 1. The van der Waals surface area contributed by atoms with Gasteiger partial charge in [-0.1, -0.05) is 0 Å². The molecule has 0 aromatic carbocycles. The predicted molar refractivity (Wildman–Crippen MR) is 69.5 cm³/mol. The van der Waals surface area contributed by atoms with Gasteiger partial charge < -0.3 is 4.74 Å². The van der Waals surface area contributed by atoms with Crippen LogP contribution in [0.15, 0.2) is 0 Å². The summed E-state index contributed by atoms with van der Waals surface area (Å²) in [4.78, 5) is 3.32. The summed E-state index contributed by atoms with van der Waals surface area (Å²) in [7, 11) is 1.68. The Kier molecular flexibility index (Phi) is 4.16. The monoisotopic (exact) mass is 246 g/mol. The third kappa shape index (κ3) is 2.46. The Labute approximate surface area is 108 Å². The largest absolute Gasteiger partial charge is 0.381 e. The maximum absolute atomic E-state index is 9.38. The second-order valence-electron chi connectivity index (χ2n) is 4.70. The molecule has 1 aromatic rings. The van der Waals surface area contributed by atoms with E-state index < -0.39 is 0 Å². The van der Waals surface area contributed by atoms with Crippen LogP contribution in [0.3, 0.4) is 0 Å². The standard InChI is InChI=1S/C14H19N3O/c1-10-11-5-3-4-6-12(11)13(9-15)14(17-10)16-7-8-18-2/h3-8H2,1-2H3,(H,16,17)/p+1. The van der Waals surface area contributed by atoms with Crippen LogP contribution < -0.4 is 10.3 Å². The number of hydrogen-bond acceptors (Lipinski definition) is 3. The van der Waals surface area contributed by atoms with Crippen molar-refractivity contribution >= 4 is 5.82 Å². The van der Waals surface area contributed by atoms with Crippen molar-refractivity contribution in [3.8, 4) is 6.07 Å². The van der Waals surface area contributed by atoms with Crippen LogP contribution in [0.2, 0.25) is 0 Å². The second kappa shape index (κ2) is 5.83. The van der Waals surface area contributed by atoms with Gasteiger partial charge in [-0.05, 0) is 43.7 Å². The highest BCUT2D eigenvalue weighted by molar-refractivity contribution is 5.56. The van der Waals surface area contributed by atoms with E-state index in [1.165, 1.54) is 29.7 Å². The summed E-state index contributed by atoms with van der Waals surface area (Å²) in [6.07, 6.45) is 4.52. The van der Waals surface area contributed by atoms with Crippen molar-refractivity contribution in [1.29, 1.82) is 5.26 Å². The molecule has 96 valence electrons. The van der Waals surface area contributed by atoms with Crippen molar-refractivity contribution in [2.75, 3.05) is 25.6 Å². The summed E-state index contributed by atoms with van der Waals surface area (Å²) in [6, 6.07) is 2.34. The Morgan fingerprint density at radius 3 is 2.72 bits per heavy atom. The Morgan fingerprint density at radius 1 is 1.33 bits per heavy atom. The fourth-order valence-electron chi connectivity index (χ4n) is 2.61. The lowest BCUT2D eigenvalue weighted by atomic mass is 9.88. The highest BCUT2D eigenvalue weighted by atomic mass is 16.5. The minimum atomic E-state index is 0.634. The van der Waals surface area contributed by atoms with Gasteiger partial charge >= 0.3 is 0 Å². The van der Waals surface area contributed by atoms with Crippen molar-refractivity contribution in [2.24, 2.45) is 0 Å². The third-order valence-electron chi connectivity index (χ3n) is 3.50.